The van der Waals surface area contributed by atoms with Crippen molar-refractivity contribution in [3.63, 3.8) is 0 Å². The lowest BCUT2D eigenvalue weighted by Gasteiger charge is -2.29. The first-order valence-corrected chi connectivity index (χ1v) is 8.41. The molecule has 0 aliphatic carbocycles. The fourth-order valence-electron chi connectivity index (χ4n) is 3.48. The molecule has 5 heteroatoms. The van der Waals surface area contributed by atoms with Gasteiger partial charge < -0.3 is 15.1 Å². The molecule has 2 fully saturated rings. The third-order valence-electron chi connectivity index (χ3n) is 4.80. The minimum Gasteiger partial charge on any atom is -0.324 e. The van der Waals surface area contributed by atoms with Crippen LogP contribution in [0.5, 0.6) is 0 Å². The van der Waals surface area contributed by atoms with Gasteiger partial charge in [0.2, 0.25) is 0 Å². The minimum atomic E-state index is 0.0236. The van der Waals surface area contributed by atoms with Crippen LogP contribution < -0.4 is 5.32 Å². The zero-order valence-electron chi connectivity index (χ0n) is 13.4. The number of nitrogens with zero attached hydrogens (tertiary/aromatic N) is 3. The highest BCUT2D eigenvalue weighted by molar-refractivity contribution is 5.90. The Balaban J connectivity index is 1.49. The van der Waals surface area contributed by atoms with Crippen LogP contribution in [0.4, 0.5) is 10.5 Å². The molecule has 1 atom stereocenters. The summed E-state index contributed by atoms with van der Waals surface area (Å²) < 4.78 is 0. The Morgan fingerprint density at radius 3 is 2.91 bits per heavy atom. The van der Waals surface area contributed by atoms with E-state index in [9.17, 15) is 4.79 Å². The van der Waals surface area contributed by atoms with Gasteiger partial charge >= 0.3 is 6.03 Å². The molecule has 2 aliphatic heterocycles. The number of carbonyl (C=O) groups is 1. The molecule has 2 saturated heterocycles. The van der Waals surface area contributed by atoms with Gasteiger partial charge in [-0.25, -0.2) is 4.79 Å². The second-order valence-corrected chi connectivity index (χ2v) is 6.58. The molecule has 5 nitrogen and oxygen atoms in total. The van der Waals surface area contributed by atoms with Crippen LogP contribution in [0.3, 0.4) is 0 Å². The monoisotopic (exact) mass is 302 g/mol. The minimum absolute atomic E-state index is 0.0236. The Kier molecular flexibility index (Phi) is 4.93. The second kappa shape index (κ2) is 7.09. The highest BCUT2D eigenvalue weighted by Gasteiger charge is 2.28. The van der Waals surface area contributed by atoms with Crippen LogP contribution in [0.25, 0.3) is 0 Å². The van der Waals surface area contributed by atoms with Gasteiger partial charge in [-0.05, 0) is 56.8 Å². The van der Waals surface area contributed by atoms with E-state index in [4.69, 9.17) is 0 Å². The number of piperidine rings is 1. The second-order valence-electron chi connectivity index (χ2n) is 6.58. The van der Waals surface area contributed by atoms with E-state index in [1.807, 2.05) is 17.9 Å². The summed E-state index contributed by atoms with van der Waals surface area (Å²) in [5.74, 6) is 0.627. The van der Waals surface area contributed by atoms with E-state index in [2.05, 4.69) is 15.2 Å². The van der Waals surface area contributed by atoms with Crippen LogP contribution in [0.1, 0.15) is 31.2 Å². The van der Waals surface area contributed by atoms with Crippen LogP contribution in [0, 0.1) is 12.8 Å². The van der Waals surface area contributed by atoms with Crippen molar-refractivity contribution in [3.8, 4) is 0 Å². The Bertz CT molecular complexity index is 513. The van der Waals surface area contributed by atoms with Gasteiger partial charge in [0, 0.05) is 37.7 Å². The van der Waals surface area contributed by atoms with Gasteiger partial charge in [0.25, 0.3) is 0 Å². The molecular weight excluding hydrogens is 276 g/mol. The van der Waals surface area contributed by atoms with Crippen LogP contribution in [-0.4, -0.2) is 53.5 Å². The number of rotatable bonds is 3. The van der Waals surface area contributed by atoms with Gasteiger partial charge in [-0.3, -0.25) is 4.98 Å². The quantitative estimate of drug-likeness (QED) is 0.934. The molecule has 0 saturated carbocycles. The molecule has 1 N–H and O–H groups in total. The topological polar surface area (TPSA) is 48.5 Å². The number of aryl methyl sites for hydroxylation is 1. The van der Waals surface area contributed by atoms with Gasteiger partial charge in [0.15, 0.2) is 0 Å². The molecule has 2 amide bonds. The Morgan fingerprint density at radius 2 is 2.14 bits per heavy atom. The van der Waals surface area contributed by atoms with E-state index in [-0.39, 0.29) is 6.03 Å². The Labute approximate surface area is 132 Å². The summed E-state index contributed by atoms with van der Waals surface area (Å²) in [5, 5.41) is 3.01. The van der Waals surface area contributed by atoms with Crippen molar-refractivity contribution in [2.45, 2.75) is 32.6 Å². The molecule has 1 aromatic heterocycles. The largest absolute Gasteiger partial charge is 0.324 e. The number of amides is 2. The first kappa shape index (κ1) is 15.3. The first-order valence-electron chi connectivity index (χ1n) is 8.41. The third-order valence-corrected chi connectivity index (χ3v) is 4.80. The van der Waals surface area contributed by atoms with E-state index in [0.717, 1.165) is 37.3 Å². The van der Waals surface area contributed by atoms with Crippen LogP contribution in [-0.2, 0) is 0 Å². The lowest BCUT2D eigenvalue weighted by atomic mass is 10.1. The predicted molar refractivity (Wildman–Crippen MR) is 88.0 cm³/mol. The summed E-state index contributed by atoms with van der Waals surface area (Å²) in [6.07, 6.45) is 8.65. The average molecular weight is 302 g/mol. The molecule has 0 unspecified atom stereocenters. The molecule has 0 spiro atoms. The number of aromatic nitrogens is 1. The number of carbonyl (C=O) groups excluding carboxylic acids is 1. The fourth-order valence-corrected chi connectivity index (χ4v) is 3.48. The zero-order valence-corrected chi connectivity index (χ0v) is 13.4. The molecule has 0 aromatic carbocycles. The maximum Gasteiger partial charge on any atom is 0.321 e. The van der Waals surface area contributed by atoms with Crippen molar-refractivity contribution in [1.82, 2.24) is 14.8 Å². The summed E-state index contributed by atoms with van der Waals surface area (Å²) >= 11 is 0. The third kappa shape index (κ3) is 3.77. The molecule has 2 aliphatic rings. The molecule has 0 radical (unpaired) electrons. The molecule has 3 heterocycles. The number of pyridine rings is 1. The van der Waals surface area contributed by atoms with E-state index >= 15 is 0 Å². The smallest absolute Gasteiger partial charge is 0.321 e. The number of anilines is 1. The number of likely N-dealkylation sites (tertiary alicyclic amines) is 2. The maximum absolute atomic E-state index is 12.4. The van der Waals surface area contributed by atoms with E-state index in [1.165, 1.54) is 32.4 Å². The number of nitrogens with one attached hydrogen (secondary N) is 1. The summed E-state index contributed by atoms with van der Waals surface area (Å²) in [4.78, 5) is 21.0. The lowest BCUT2D eigenvalue weighted by molar-refractivity contribution is 0.192. The number of urea groups is 1. The maximum atomic E-state index is 12.4. The van der Waals surface area contributed by atoms with Crippen molar-refractivity contribution in [2.75, 3.05) is 38.0 Å². The van der Waals surface area contributed by atoms with Crippen molar-refractivity contribution in [3.05, 3.63) is 24.0 Å². The summed E-state index contributed by atoms with van der Waals surface area (Å²) in [6, 6.07) is 1.88. The SMILES string of the molecule is Cc1cnccc1NC(=O)N1CC[C@H](CN2CCCCC2)C1. The van der Waals surface area contributed by atoms with E-state index < -0.39 is 0 Å². The summed E-state index contributed by atoms with van der Waals surface area (Å²) in [6.45, 7) is 7.34. The van der Waals surface area contributed by atoms with Crippen LogP contribution in [0.2, 0.25) is 0 Å². The molecule has 22 heavy (non-hydrogen) atoms. The van der Waals surface area contributed by atoms with Gasteiger partial charge in [-0.2, -0.15) is 0 Å². The molecule has 120 valence electrons. The van der Waals surface area contributed by atoms with Crippen LogP contribution >= 0.6 is 0 Å². The standard InChI is InChI=1S/C17H26N4O/c1-14-11-18-7-5-16(14)19-17(22)21-10-6-15(13-21)12-20-8-3-2-4-9-20/h5,7,11,15H,2-4,6,8-10,12-13H2,1H3,(H,18,19,22)/t15-/m1/s1. The highest BCUT2D eigenvalue weighted by atomic mass is 16.2. The molecule has 3 rings (SSSR count). The first-order chi connectivity index (χ1) is 10.7. The highest BCUT2D eigenvalue weighted by Crippen LogP contribution is 2.21. The normalized spacial score (nSPS) is 22.8. The lowest BCUT2D eigenvalue weighted by Crippen LogP contribution is -2.37. The molecule has 1 aromatic rings. The van der Waals surface area contributed by atoms with Crippen LogP contribution in [0.15, 0.2) is 18.5 Å². The predicted octanol–water partition coefficient (Wildman–Crippen LogP) is 2.73. The van der Waals surface area contributed by atoms with Gasteiger partial charge in [0.1, 0.15) is 0 Å². The molecule has 0 bridgehead atoms. The Hall–Kier alpha value is -1.62. The average Bonchev–Trinajstić information content (AvgIpc) is 2.99. The van der Waals surface area contributed by atoms with E-state index in [1.54, 1.807) is 12.4 Å². The molecular formula is C17H26N4O. The van der Waals surface area contributed by atoms with Gasteiger partial charge in [-0.1, -0.05) is 6.42 Å². The fraction of sp³-hybridized carbons (Fsp3) is 0.647. The number of hydrogen-bond acceptors (Lipinski definition) is 3. The summed E-state index contributed by atoms with van der Waals surface area (Å²) in [5.41, 5.74) is 1.86. The Morgan fingerprint density at radius 1 is 1.32 bits per heavy atom. The van der Waals surface area contributed by atoms with Crippen molar-refractivity contribution in [2.24, 2.45) is 5.92 Å². The summed E-state index contributed by atoms with van der Waals surface area (Å²) in [7, 11) is 0. The van der Waals surface area contributed by atoms with Crippen molar-refractivity contribution >= 4 is 11.7 Å². The van der Waals surface area contributed by atoms with E-state index in [0.29, 0.717) is 5.92 Å². The van der Waals surface area contributed by atoms with Gasteiger partial charge in [0.05, 0.1) is 0 Å². The van der Waals surface area contributed by atoms with Crippen molar-refractivity contribution < 1.29 is 4.79 Å². The van der Waals surface area contributed by atoms with Gasteiger partial charge in [-0.15, -0.1) is 0 Å². The van der Waals surface area contributed by atoms with Crippen molar-refractivity contribution in [1.29, 1.82) is 0 Å². The zero-order chi connectivity index (χ0) is 15.4. The number of hydrogen-bond donors (Lipinski definition) is 1.